The van der Waals surface area contributed by atoms with Crippen molar-refractivity contribution in [2.24, 2.45) is 0 Å². The molecule has 0 bridgehead atoms. The molecule has 0 aliphatic rings. The summed E-state index contributed by atoms with van der Waals surface area (Å²) in [6.45, 7) is 2.27. The minimum atomic E-state index is -0.653. The van der Waals surface area contributed by atoms with Crippen LogP contribution in [0.5, 0.6) is 0 Å². The number of aliphatic carboxylic acids is 1. The van der Waals surface area contributed by atoms with E-state index in [0.717, 1.165) is 12.8 Å². The third kappa shape index (κ3) is 31.1. The first kappa shape index (κ1) is 31.5. The molecule has 128 valence electrons. The summed E-state index contributed by atoms with van der Waals surface area (Å²) < 4.78 is 0. The zero-order valence-electron chi connectivity index (χ0n) is 15.4. The Morgan fingerprint density at radius 2 is 0.913 bits per heavy atom. The number of carbonyl (C=O) groups is 1. The SMILES string of the molecule is CCCCCCCCCCCCCCCCCC(=O)O.[Al+3].[Mg+2].[OH-]. The zero-order chi connectivity index (χ0) is 14.9. The molecule has 5 heteroatoms. The summed E-state index contributed by atoms with van der Waals surface area (Å²) in [5.74, 6) is -0.653. The first-order valence-corrected chi connectivity index (χ1v) is 8.99. The van der Waals surface area contributed by atoms with Crippen molar-refractivity contribution in [2.45, 2.75) is 110 Å². The zero-order valence-corrected chi connectivity index (χ0v) is 18.0. The van der Waals surface area contributed by atoms with E-state index in [0.29, 0.717) is 6.42 Å². The molecule has 0 rings (SSSR count). The van der Waals surface area contributed by atoms with E-state index in [2.05, 4.69) is 6.92 Å². The third-order valence-corrected chi connectivity index (χ3v) is 3.99. The Kier molecular flexibility index (Phi) is 37.8. The largest absolute Gasteiger partial charge is 3.00 e. The smallest absolute Gasteiger partial charge is 0.870 e. The van der Waals surface area contributed by atoms with Crippen LogP contribution in [0.4, 0.5) is 0 Å². The van der Waals surface area contributed by atoms with E-state index in [1.165, 1.54) is 83.5 Å². The van der Waals surface area contributed by atoms with Crippen LogP contribution in [0.15, 0.2) is 0 Å². The predicted molar refractivity (Wildman–Crippen MR) is 101 cm³/mol. The molecule has 0 aromatic carbocycles. The summed E-state index contributed by atoms with van der Waals surface area (Å²) in [7, 11) is 0. The van der Waals surface area contributed by atoms with Gasteiger partial charge in [-0.25, -0.2) is 0 Å². The minimum absolute atomic E-state index is 0. The molecule has 0 aromatic heterocycles. The van der Waals surface area contributed by atoms with Gasteiger partial charge in [0, 0.05) is 6.42 Å². The van der Waals surface area contributed by atoms with Gasteiger partial charge in [0.15, 0.2) is 0 Å². The van der Waals surface area contributed by atoms with Crippen LogP contribution in [-0.2, 0) is 4.79 Å². The summed E-state index contributed by atoms with van der Waals surface area (Å²) in [6, 6.07) is 0. The Bertz CT molecular complexity index is 216. The van der Waals surface area contributed by atoms with Crippen molar-refractivity contribution in [3.05, 3.63) is 0 Å². The third-order valence-electron chi connectivity index (χ3n) is 3.99. The molecule has 23 heavy (non-hydrogen) atoms. The number of carboxylic acid groups (broad SMARTS) is 1. The van der Waals surface area contributed by atoms with Crippen LogP contribution in [-0.4, -0.2) is 57.0 Å². The van der Waals surface area contributed by atoms with E-state index in [4.69, 9.17) is 5.11 Å². The fourth-order valence-corrected chi connectivity index (χ4v) is 2.65. The molecule has 2 N–H and O–H groups in total. The number of hydrogen-bond donors (Lipinski definition) is 1. The molecule has 0 aromatic rings. The first-order chi connectivity index (χ1) is 9.77. The van der Waals surface area contributed by atoms with Crippen LogP contribution in [0.2, 0.25) is 0 Å². The molecule has 0 saturated heterocycles. The maximum Gasteiger partial charge on any atom is 3.00 e. The molecule has 0 unspecified atom stereocenters. The van der Waals surface area contributed by atoms with Gasteiger partial charge >= 0.3 is 46.4 Å². The standard InChI is InChI=1S/C18H36O2.Al.Mg.H2O/c1-2-3-4-5-6-7-8-9-10-11-12-13-14-15-16-17-18(19)20;;;/h2-17H2,1H3,(H,19,20);;;1H2/q;+3;+2;/p-1. The van der Waals surface area contributed by atoms with Crippen molar-refractivity contribution in [3.63, 3.8) is 0 Å². The second-order valence-electron chi connectivity index (χ2n) is 6.09. The molecule has 3 nitrogen and oxygen atoms in total. The molecule has 0 aliphatic carbocycles. The van der Waals surface area contributed by atoms with E-state index in [1.54, 1.807) is 0 Å². The quantitative estimate of drug-likeness (QED) is 0.299. The normalized spacial score (nSPS) is 9.43. The molecule has 0 heterocycles. The molecular formula is C18H37AlMgO3+4. The van der Waals surface area contributed by atoms with Gasteiger partial charge in [0.1, 0.15) is 0 Å². The van der Waals surface area contributed by atoms with E-state index in [1.807, 2.05) is 0 Å². The van der Waals surface area contributed by atoms with E-state index in [9.17, 15) is 4.79 Å². The van der Waals surface area contributed by atoms with Gasteiger partial charge in [-0.1, -0.05) is 96.8 Å². The summed E-state index contributed by atoms with van der Waals surface area (Å²) in [5, 5.41) is 8.52. The average molecular weight is 353 g/mol. The van der Waals surface area contributed by atoms with Crippen LogP contribution >= 0.6 is 0 Å². The van der Waals surface area contributed by atoms with Crippen molar-refractivity contribution in [3.8, 4) is 0 Å². The Morgan fingerprint density at radius 1 is 0.652 bits per heavy atom. The topological polar surface area (TPSA) is 67.3 Å². The number of carboxylic acids is 1. The summed E-state index contributed by atoms with van der Waals surface area (Å²) in [5.41, 5.74) is 0. The van der Waals surface area contributed by atoms with Gasteiger partial charge in [0.2, 0.25) is 0 Å². The van der Waals surface area contributed by atoms with Gasteiger partial charge in [-0.3, -0.25) is 4.79 Å². The fraction of sp³-hybridized carbons (Fsp3) is 0.944. The van der Waals surface area contributed by atoms with Gasteiger partial charge in [-0.2, -0.15) is 0 Å². The Balaban J connectivity index is -0.000000602. The summed E-state index contributed by atoms with van der Waals surface area (Å²) >= 11 is 0. The second-order valence-corrected chi connectivity index (χ2v) is 6.09. The Morgan fingerprint density at radius 3 is 1.17 bits per heavy atom. The summed E-state index contributed by atoms with van der Waals surface area (Å²) in [4.78, 5) is 10.3. The molecular weight excluding hydrogens is 315 g/mol. The van der Waals surface area contributed by atoms with E-state index in [-0.39, 0.29) is 45.9 Å². The van der Waals surface area contributed by atoms with Crippen LogP contribution < -0.4 is 0 Å². The van der Waals surface area contributed by atoms with Gasteiger partial charge in [0.05, 0.1) is 0 Å². The van der Waals surface area contributed by atoms with Crippen molar-refractivity contribution in [1.82, 2.24) is 0 Å². The van der Waals surface area contributed by atoms with E-state index >= 15 is 0 Å². The maximum absolute atomic E-state index is 10.3. The van der Waals surface area contributed by atoms with Gasteiger partial charge in [-0.15, -0.1) is 0 Å². The van der Waals surface area contributed by atoms with Gasteiger partial charge in [-0.05, 0) is 6.42 Å². The average Bonchev–Trinajstić information content (AvgIpc) is 2.43. The van der Waals surface area contributed by atoms with Crippen LogP contribution in [0.3, 0.4) is 0 Å². The van der Waals surface area contributed by atoms with Crippen molar-refractivity contribution < 1.29 is 15.4 Å². The fourth-order valence-electron chi connectivity index (χ4n) is 2.65. The van der Waals surface area contributed by atoms with Gasteiger partial charge in [0.25, 0.3) is 0 Å². The predicted octanol–water partition coefficient (Wildman–Crippen LogP) is 5.39. The molecule has 0 fully saturated rings. The molecule has 0 radical (unpaired) electrons. The minimum Gasteiger partial charge on any atom is -0.870 e. The second kappa shape index (κ2) is 27.6. The molecule has 0 amide bonds. The molecule has 0 aliphatic heterocycles. The van der Waals surface area contributed by atoms with Crippen molar-refractivity contribution in [2.75, 3.05) is 0 Å². The van der Waals surface area contributed by atoms with Gasteiger partial charge < -0.3 is 10.6 Å². The van der Waals surface area contributed by atoms with E-state index < -0.39 is 5.97 Å². The van der Waals surface area contributed by atoms with Crippen molar-refractivity contribution >= 4 is 46.4 Å². The van der Waals surface area contributed by atoms with Crippen LogP contribution in [0.1, 0.15) is 110 Å². The molecule has 0 saturated carbocycles. The summed E-state index contributed by atoms with van der Waals surface area (Å²) in [6.07, 6.45) is 20.2. The maximum atomic E-state index is 10.3. The Labute approximate surface area is 171 Å². The first-order valence-electron chi connectivity index (χ1n) is 8.99. The monoisotopic (exact) mass is 352 g/mol. The van der Waals surface area contributed by atoms with Crippen molar-refractivity contribution in [1.29, 1.82) is 0 Å². The number of hydrogen-bond acceptors (Lipinski definition) is 2. The van der Waals surface area contributed by atoms with Crippen LogP contribution in [0.25, 0.3) is 0 Å². The Hall–Kier alpha value is 0.729. The number of rotatable bonds is 16. The molecule has 0 spiro atoms. The number of unbranched alkanes of at least 4 members (excludes halogenated alkanes) is 14. The molecule has 0 atom stereocenters. The van der Waals surface area contributed by atoms with Crippen LogP contribution in [0, 0.1) is 0 Å².